The van der Waals surface area contributed by atoms with Gasteiger partial charge in [-0.05, 0) is 59.1 Å². The summed E-state index contributed by atoms with van der Waals surface area (Å²) in [6.07, 6.45) is 4.27. The highest BCUT2D eigenvalue weighted by Crippen LogP contribution is 2.36. The number of hydrogen-bond acceptors (Lipinski definition) is 2. The molecule has 2 aromatic rings. The van der Waals surface area contributed by atoms with E-state index in [2.05, 4.69) is 39.8 Å². The Hall–Kier alpha value is -1.38. The molecule has 25 heavy (non-hydrogen) atoms. The molecule has 4 heteroatoms. The van der Waals surface area contributed by atoms with E-state index in [9.17, 15) is 0 Å². The van der Waals surface area contributed by atoms with E-state index >= 15 is 0 Å². The minimum Gasteiger partial charge on any atom is -0.397 e. The van der Waals surface area contributed by atoms with Gasteiger partial charge in [0.15, 0.2) is 0 Å². The lowest BCUT2D eigenvalue weighted by Gasteiger charge is -2.19. The summed E-state index contributed by atoms with van der Waals surface area (Å²) < 4.78 is 0. The second-order valence-electron chi connectivity index (χ2n) is 6.39. The molecule has 0 fully saturated rings. The fourth-order valence-electron chi connectivity index (χ4n) is 3.53. The molecule has 0 unspecified atom stereocenters. The Morgan fingerprint density at radius 1 is 0.640 bits per heavy atom. The molecule has 2 rings (SSSR count). The van der Waals surface area contributed by atoms with Crippen LogP contribution in [-0.4, -0.2) is 0 Å². The zero-order valence-corrected chi connectivity index (χ0v) is 17.1. The number of benzene rings is 2. The van der Waals surface area contributed by atoms with E-state index < -0.39 is 0 Å². The van der Waals surface area contributed by atoms with Gasteiger partial charge in [0, 0.05) is 6.42 Å². The molecular formula is C21H28Cl2N2. The molecule has 0 atom stereocenters. The van der Waals surface area contributed by atoms with Crippen molar-refractivity contribution in [1.82, 2.24) is 0 Å². The zero-order chi connectivity index (χ0) is 18.7. The molecule has 2 nitrogen and oxygen atoms in total. The minimum atomic E-state index is 0.644. The van der Waals surface area contributed by atoms with E-state index in [1.807, 2.05) is 0 Å². The highest BCUT2D eigenvalue weighted by molar-refractivity contribution is 6.34. The predicted molar refractivity (Wildman–Crippen MR) is 112 cm³/mol. The van der Waals surface area contributed by atoms with Crippen LogP contribution in [0.4, 0.5) is 11.4 Å². The largest absolute Gasteiger partial charge is 0.397 e. The van der Waals surface area contributed by atoms with Gasteiger partial charge in [0.1, 0.15) is 0 Å². The van der Waals surface area contributed by atoms with Crippen molar-refractivity contribution in [1.29, 1.82) is 0 Å². The average molecular weight is 379 g/mol. The summed E-state index contributed by atoms with van der Waals surface area (Å²) in [6, 6.07) is 4.35. The third-order valence-corrected chi connectivity index (χ3v) is 5.88. The molecule has 0 saturated carbocycles. The Morgan fingerprint density at radius 3 is 1.28 bits per heavy atom. The fourth-order valence-corrected chi connectivity index (χ4v) is 4.29. The summed E-state index contributed by atoms with van der Waals surface area (Å²) >= 11 is 13.1. The van der Waals surface area contributed by atoms with E-state index in [-0.39, 0.29) is 0 Å². The molecule has 0 aromatic heterocycles. The van der Waals surface area contributed by atoms with Crippen LogP contribution in [0.15, 0.2) is 12.1 Å². The third-order valence-electron chi connectivity index (χ3n) is 5.02. The van der Waals surface area contributed by atoms with Crippen LogP contribution in [0, 0.1) is 0 Å². The fraction of sp³-hybridized carbons (Fsp3) is 0.429. The van der Waals surface area contributed by atoms with Crippen molar-refractivity contribution in [2.24, 2.45) is 0 Å². The Kier molecular flexibility index (Phi) is 6.65. The second kappa shape index (κ2) is 8.33. The smallest absolute Gasteiger partial charge is 0.0672 e. The molecule has 0 aliphatic carbocycles. The van der Waals surface area contributed by atoms with Crippen molar-refractivity contribution >= 4 is 34.6 Å². The third kappa shape index (κ3) is 3.75. The van der Waals surface area contributed by atoms with Crippen LogP contribution in [-0.2, 0) is 32.1 Å². The van der Waals surface area contributed by atoms with Crippen LogP contribution >= 0.6 is 23.2 Å². The van der Waals surface area contributed by atoms with Crippen molar-refractivity contribution in [3.63, 3.8) is 0 Å². The summed E-state index contributed by atoms with van der Waals surface area (Å²) in [5, 5.41) is 1.37. The van der Waals surface area contributed by atoms with E-state index in [0.29, 0.717) is 27.8 Å². The lowest BCUT2D eigenvalue weighted by molar-refractivity contribution is 1.01. The van der Waals surface area contributed by atoms with Crippen LogP contribution in [0.5, 0.6) is 0 Å². The second-order valence-corrected chi connectivity index (χ2v) is 7.15. The predicted octanol–water partition coefficient (Wildman–Crippen LogP) is 6.00. The van der Waals surface area contributed by atoms with Crippen LogP contribution < -0.4 is 11.5 Å². The molecule has 0 bridgehead atoms. The highest BCUT2D eigenvalue weighted by atomic mass is 35.5. The number of nitrogens with two attached hydrogens (primary N) is 2. The Balaban J connectivity index is 2.57. The average Bonchev–Trinajstić information content (AvgIpc) is 2.62. The quantitative estimate of drug-likeness (QED) is 0.605. The van der Waals surface area contributed by atoms with E-state index in [1.54, 1.807) is 0 Å². The standard InChI is InChI=1S/C21H28Cl2N2/c1-5-12-9-14(20(24)18(22)16(12)7-3)11-15-10-13(6-2)17(8-4)19(23)21(15)25/h9-10H,5-8,11,24-25H2,1-4H3. The summed E-state index contributed by atoms with van der Waals surface area (Å²) in [7, 11) is 0. The first-order valence-electron chi connectivity index (χ1n) is 9.06. The Bertz CT molecular complexity index is 717. The van der Waals surface area contributed by atoms with Gasteiger partial charge in [-0.15, -0.1) is 0 Å². The van der Waals surface area contributed by atoms with Gasteiger partial charge >= 0.3 is 0 Å². The van der Waals surface area contributed by atoms with Gasteiger partial charge in [-0.3, -0.25) is 0 Å². The lowest BCUT2D eigenvalue weighted by atomic mass is 9.91. The number of anilines is 2. The first kappa shape index (κ1) is 19.9. The zero-order valence-electron chi connectivity index (χ0n) is 15.6. The minimum absolute atomic E-state index is 0.644. The summed E-state index contributed by atoms with van der Waals surface area (Å²) in [5.41, 5.74) is 20.8. The Morgan fingerprint density at radius 2 is 1.00 bits per heavy atom. The van der Waals surface area contributed by atoms with Gasteiger partial charge in [0.2, 0.25) is 0 Å². The van der Waals surface area contributed by atoms with Crippen LogP contribution in [0.25, 0.3) is 0 Å². The number of aryl methyl sites for hydroxylation is 2. The molecule has 0 aliphatic heterocycles. The maximum Gasteiger partial charge on any atom is 0.0672 e. The van der Waals surface area contributed by atoms with Crippen molar-refractivity contribution in [3.8, 4) is 0 Å². The van der Waals surface area contributed by atoms with Gasteiger partial charge in [0.25, 0.3) is 0 Å². The molecule has 0 spiro atoms. The maximum absolute atomic E-state index is 6.54. The summed E-state index contributed by atoms with van der Waals surface area (Å²) in [4.78, 5) is 0. The van der Waals surface area contributed by atoms with Crippen LogP contribution in [0.3, 0.4) is 0 Å². The van der Waals surface area contributed by atoms with E-state index in [4.69, 9.17) is 34.7 Å². The maximum atomic E-state index is 6.54. The van der Waals surface area contributed by atoms with Crippen molar-refractivity contribution in [2.75, 3.05) is 11.5 Å². The molecule has 0 amide bonds. The highest BCUT2D eigenvalue weighted by Gasteiger charge is 2.17. The molecular weight excluding hydrogens is 351 g/mol. The summed E-state index contributed by atoms with van der Waals surface area (Å²) in [6.45, 7) is 8.49. The molecule has 0 radical (unpaired) electrons. The molecule has 0 aliphatic rings. The lowest BCUT2D eigenvalue weighted by Crippen LogP contribution is -2.07. The van der Waals surface area contributed by atoms with Gasteiger partial charge in [0.05, 0.1) is 21.4 Å². The van der Waals surface area contributed by atoms with Crippen LogP contribution in [0.2, 0.25) is 10.0 Å². The molecule has 0 heterocycles. The number of nitrogen functional groups attached to an aromatic ring is 2. The normalized spacial score (nSPS) is 11.1. The van der Waals surface area contributed by atoms with E-state index in [1.165, 1.54) is 11.1 Å². The first-order valence-corrected chi connectivity index (χ1v) is 9.82. The number of rotatable bonds is 6. The molecule has 136 valence electrons. The monoisotopic (exact) mass is 378 g/mol. The Labute approximate surface area is 161 Å². The first-order chi connectivity index (χ1) is 11.9. The SMILES string of the molecule is CCc1cc(Cc2cc(CC)c(CC)c(Cl)c2N)c(N)c(Cl)c1CC. The van der Waals surface area contributed by atoms with E-state index in [0.717, 1.165) is 47.9 Å². The summed E-state index contributed by atoms with van der Waals surface area (Å²) in [5.74, 6) is 0. The van der Waals surface area contributed by atoms with Gasteiger partial charge in [-0.25, -0.2) is 0 Å². The number of hydrogen-bond donors (Lipinski definition) is 2. The van der Waals surface area contributed by atoms with Gasteiger partial charge in [-0.1, -0.05) is 63.0 Å². The van der Waals surface area contributed by atoms with Gasteiger partial charge in [-0.2, -0.15) is 0 Å². The van der Waals surface area contributed by atoms with Crippen molar-refractivity contribution < 1.29 is 0 Å². The molecule has 4 N–H and O–H groups in total. The van der Waals surface area contributed by atoms with Crippen molar-refractivity contribution in [2.45, 2.75) is 59.8 Å². The number of halogens is 2. The topological polar surface area (TPSA) is 52.0 Å². The molecule has 0 saturated heterocycles. The van der Waals surface area contributed by atoms with Gasteiger partial charge < -0.3 is 11.5 Å². The van der Waals surface area contributed by atoms with Crippen molar-refractivity contribution in [3.05, 3.63) is 55.6 Å². The van der Waals surface area contributed by atoms with Crippen LogP contribution in [0.1, 0.15) is 61.1 Å². The molecule has 2 aromatic carbocycles.